The van der Waals surface area contributed by atoms with E-state index in [4.69, 9.17) is 0 Å². The fourth-order valence-corrected chi connectivity index (χ4v) is 3.19. The van der Waals surface area contributed by atoms with Gasteiger partial charge in [-0.05, 0) is 25.3 Å². The molecular formula is C16H17F2N3O2. The van der Waals surface area contributed by atoms with Crippen LogP contribution in [0.25, 0.3) is 0 Å². The highest BCUT2D eigenvalue weighted by Crippen LogP contribution is 2.57. The van der Waals surface area contributed by atoms with Gasteiger partial charge in [0.25, 0.3) is 6.43 Å². The minimum Gasteiger partial charge on any atom is -0.481 e. The number of nitrogens with zero attached hydrogens (tertiary/aromatic N) is 3. The van der Waals surface area contributed by atoms with Gasteiger partial charge in [-0.25, -0.2) is 18.4 Å². The Morgan fingerprint density at radius 1 is 1.43 bits per heavy atom. The van der Waals surface area contributed by atoms with Crippen molar-refractivity contribution in [3.8, 4) is 0 Å². The molecule has 1 aromatic heterocycles. The molecule has 122 valence electrons. The summed E-state index contributed by atoms with van der Waals surface area (Å²) in [5, 5.41) is 13.2. The van der Waals surface area contributed by atoms with Gasteiger partial charge in [0.05, 0.1) is 5.92 Å². The summed E-state index contributed by atoms with van der Waals surface area (Å²) in [5.41, 5.74) is 0.524. The number of halogens is 2. The number of aliphatic carboxylic acids is 1. The molecule has 2 atom stereocenters. The third-order valence-corrected chi connectivity index (χ3v) is 4.56. The number of hydrogen-bond donors (Lipinski definition) is 1. The Morgan fingerprint density at radius 2 is 2.13 bits per heavy atom. The lowest BCUT2D eigenvalue weighted by atomic mass is 9.89. The normalized spacial score (nSPS) is 23.2. The van der Waals surface area contributed by atoms with Crippen molar-refractivity contribution in [1.82, 2.24) is 14.8 Å². The zero-order chi connectivity index (χ0) is 16.6. The van der Waals surface area contributed by atoms with Crippen LogP contribution in [-0.2, 0) is 16.8 Å². The van der Waals surface area contributed by atoms with Gasteiger partial charge < -0.3 is 5.11 Å². The average Bonchev–Trinajstić information content (AvgIpc) is 3.16. The monoisotopic (exact) mass is 321 g/mol. The summed E-state index contributed by atoms with van der Waals surface area (Å²) in [6.45, 7) is 1.99. The Morgan fingerprint density at radius 3 is 2.65 bits per heavy atom. The maximum atomic E-state index is 12.7. The standard InChI is InChI=1S/C16H17F2N3O2/c1-10-19-14(13(17)18)20-21(10)8-7-16(9-12(16)15(22)23)11-5-3-2-4-6-11/h2-6,12-13H,7-9H2,1H3,(H,22,23)/t12-,16-/m0/s1. The Hall–Kier alpha value is -2.31. The number of rotatable bonds is 6. The van der Waals surface area contributed by atoms with E-state index in [2.05, 4.69) is 10.1 Å². The molecule has 0 spiro atoms. The van der Waals surface area contributed by atoms with Gasteiger partial charge in [0.1, 0.15) is 5.82 Å². The van der Waals surface area contributed by atoms with Crippen molar-refractivity contribution in [3.63, 3.8) is 0 Å². The molecule has 1 aliphatic rings. The molecule has 23 heavy (non-hydrogen) atoms. The highest BCUT2D eigenvalue weighted by molar-refractivity contribution is 5.77. The third kappa shape index (κ3) is 2.83. The fourth-order valence-electron chi connectivity index (χ4n) is 3.19. The van der Waals surface area contributed by atoms with Crippen LogP contribution in [0.2, 0.25) is 0 Å². The van der Waals surface area contributed by atoms with Gasteiger partial charge in [-0.3, -0.25) is 4.79 Å². The van der Waals surface area contributed by atoms with Crippen LogP contribution in [0.1, 0.15) is 36.5 Å². The molecule has 3 rings (SSSR count). The van der Waals surface area contributed by atoms with Crippen LogP contribution in [0.15, 0.2) is 30.3 Å². The van der Waals surface area contributed by atoms with Gasteiger partial charge in [0.15, 0.2) is 0 Å². The molecule has 0 unspecified atom stereocenters. The first-order valence-corrected chi connectivity index (χ1v) is 7.42. The van der Waals surface area contributed by atoms with Crippen LogP contribution in [-0.4, -0.2) is 25.8 Å². The molecule has 2 aromatic rings. The maximum absolute atomic E-state index is 12.7. The van der Waals surface area contributed by atoms with Crippen molar-refractivity contribution in [2.75, 3.05) is 0 Å². The maximum Gasteiger partial charge on any atom is 0.307 e. The molecule has 0 saturated heterocycles. The van der Waals surface area contributed by atoms with Crippen molar-refractivity contribution in [3.05, 3.63) is 47.5 Å². The molecule has 0 radical (unpaired) electrons. The predicted octanol–water partition coefficient (Wildman–Crippen LogP) is 2.96. The quantitative estimate of drug-likeness (QED) is 0.888. The molecule has 1 aliphatic carbocycles. The Balaban J connectivity index is 1.80. The van der Waals surface area contributed by atoms with Crippen LogP contribution in [0.3, 0.4) is 0 Å². The number of benzene rings is 1. The molecule has 1 saturated carbocycles. The molecule has 1 heterocycles. The SMILES string of the molecule is Cc1nc(C(F)F)nn1CC[C@@]1(c2ccccc2)C[C@H]1C(=O)O. The predicted molar refractivity (Wildman–Crippen MR) is 78.2 cm³/mol. The number of carboxylic acids is 1. The summed E-state index contributed by atoms with van der Waals surface area (Å²) in [6.07, 6.45) is -1.62. The zero-order valence-electron chi connectivity index (χ0n) is 12.6. The van der Waals surface area contributed by atoms with E-state index in [0.717, 1.165) is 5.56 Å². The van der Waals surface area contributed by atoms with Gasteiger partial charge in [0.2, 0.25) is 5.82 Å². The van der Waals surface area contributed by atoms with Crippen molar-refractivity contribution < 1.29 is 18.7 Å². The topological polar surface area (TPSA) is 68.0 Å². The minimum absolute atomic E-state index is 0.365. The van der Waals surface area contributed by atoms with Gasteiger partial charge >= 0.3 is 5.97 Å². The van der Waals surface area contributed by atoms with E-state index in [1.165, 1.54) is 4.68 Å². The van der Waals surface area contributed by atoms with Crippen molar-refractivity contribution in [1.29, 1.82) is 0 Å². The van der Waals surface area contributed by atoms with E-state index < -0.39 is 29.6 Å². The molecule has 0 amide bonds. The Kier molecular flexibility index (Phi) is 3.87. The van der Waals surface area contributed by atoms with Gasteiger partial charge in [0, 0.05) is 12.0 Å². The second-order valence-corrected chi connectivity index (χ2v) is 5.91. The first-order chi connectivity index (χ1) is 10.9. The molecular weight excluding hydrogens is 304 g/mol. The first-order valence-electron chi connectivity index (χ1n) is 7.42. The smallest absolute Gasteiger partial charge is 0.307 e. The van der Waals surface area contributed by atoms with E-state index >= 15 is 0 Å². The van der Waals surface area contributed by atoms with Gasteiger partial charge in [-0.2, -0.15) is 0 Å². The van der Waals surface area contributed by atoms with Crippen LogP contribution < -0.4 is 0 Å². The highest BCUT2D eigenvalue weighted by Gasteiger charge is 2.59. The molecule has 1 N–H and O–H groups in total. The number of alkyl halides is 2. The van der Waals surface area contributed by atoms with Crippen LogP contribution in [0.4, 0.5) is 8.78 Å². The number of carbonyl (C=O) groups is 1. The average molecular weight is 321 g/mol. The number of hydrogen-bond acceptors (Lipinski definition) is 3. The lowest BCUT2D eigenvalue weighted by molar-refractivity contribution is -0.139. The molecule has 5 nitrogen and oxygen atoms in total. The van der Waals surface area contributed by atoms with E-state index in [1.54, 1.807) is 6.92 Å². The summed E-state index contributed by atoms with van der Waals surface area (Å²) >= 11 is 0. The second-order valence-electron chi connectivity index (χ2n) is 5.91. The van der Waals surface area contributed by atoms with E-state index in [-0.39, 0.29) is 0 Å². The highest BCUT2D eigenvalue weighted by atomic mass is 19.3. The Bertz CT molecular complexity index is 717. The third-order valence-electron chi connectivity index (χ3n) is 4.56. The first kappa shape index (κ1) is 15.6. The van der Waals surface area contributed by atoms with Crippen molar-refractivity contribution in [2.45, 2.75) is 38.2 Å². The fraction of sp³-hybridized carbons (Fsp3) is 0.438. The summed E-state index contributed by atoms with van der Waals surface area (Å²) in [5.74, 6) is -1.33. The zero-order valence-corrected chi connectivity index (χ0v) is 12.6. The van der Waals surface area contributed by atoms with Crippen LogP contribution in [0, 0.1) is 12.8 Å². The van der Waals surface area contributed by atoms with Crippen molar-refractivity contribution in [2.24, 2.45) is 5.92 Å². The summed E-state index contributed by atoms with van der Waals surface area (Å²) < 4.78 is 26.8. The molecule has 0 bridgehead atoms. The summed E-state index contributed by atoms with van der Waals surface area (Å²) in [4.78, 5) is 15.1. The number of carboxylic acid groups (broad SMARTS) is 1. The summed E-state index contributed by atoms with van der Waals surface area (Å²) in [7, 11) is 0. The van der Waals surface area contributed by atoms with Crippen LogP contribution in [0.5, 0.6) is 0 Å². The van der Waals surface area contributed by atoms with E-state index in [1.807, 2.05) is 30.3 Å². The molecule has 1 fully saturated rings. The minimum atomic E-state index is -2.70. The molecule has 7 heteroatoms. The Labute approximate surface area is 132 Å². The second kappa shape index (κ2) is 5.72. The van der Waals surface area contributed by atoms with Crippen molar-refractivity contribution >= 4 is 5.97 Å². The van der Waals surface area contributed by atoms with Gasteiger partial charge in [-0.1, -0.05) is 30.3 Å². The van der Waals surface area contributed by atoms with E-state index in [0.29, 0.717) is 25.2 Å². The lowest BCUT2D eigenvalue weighted by Gasteiger charge is -2.17. The number of aromatic nitrogens is 3. The lowest BCUT2D eigenvalue weighted by Crippen LogP contribution is -2.18. The molecule has 1 aromatic carbocycles. The summed E-state index contributed by atoms with van der Waals surface area (Å²) in [6, 6.07) is 9.48. The van der Waals surface area contributed by atoms with Crippen LogP contribution >= 0.6 is 0 Å². The van der Waals surface area contributed by atoms with E-state index in [9.17, 15) is 18.7 Å². The van der Waals surface area contributed by atoms with Gasteiger partial charge in [-0.15, -0.1) is 5.10 Å². The largest absolute Gasteiger partial charge is 0.481 e. The molecule has 0 aliphatic heterocycles. The number of aryl methyl sites for hydroxylation is 2.